The minimum absolute atomic E-state index is 0.0753. The fourth-order valence-corrected chi connectivity index (χ4v) is 14.9. The predicted molar refractivity (Wildman–Crippen MR) is 382 cm³/mol. The molecule has 8 heterocycles. The van der Waals surface area contributed by atoms with Gasteiger partial charge in [0.15, 0.2) is 42.3 Å². The number of aliphatic carboxylic acids is 1. The first kappa shape index (κ1) is 82.6. The molecule has 5 aromatic rings. The Morgan fingerprint density at radius 1 is 0.676 bits per heavy atom. The van der Waals surface area contributed by atoms with Gasteiger partial charge >= 0.3 is 5.97 Å². The van der Waals surface area contributed by atoms with Crippen molar-refractivity contribution in [3.8, 4) is 57.1 Å². The molecule has 0 spiro atoms. The number of nitrogens with one attached hydrogen (secondary N) is 6. The van der Waals surface area contributed by atoms with Crippen LogP contribution in [0.1, 0.15) is 125 Å². The molecule has 0 aliphatic carbocycles. The molecule has 8 aliphatic heterocycles. The summed E-state index contributed by atoms with van der Waals surface area (Å²) in [6.07, 6.45) is -21.8. The average Bonchev–Trinajstić information content (AvgIpc) is 0.763. The number of primary amides is 1. The number of likely N-dealkylation sites (N-methyl/N-ethyl adjacent to an activating group) is 1. The number of phenolic OH excluding ortho intramolecular Hbond substituents is 3. The first-order chi connectivity index (χ1) is 52.3. The van der Waals surface area contributed by atoms with E-state index >= 15 is 24.0 Å². The molecular weight excluding hydrogens is 1500 g/mol. The van der Waals surface area contributed by atoms with Crippen molar-refractivity contribution in [3.05, 3.63) is 117 Å². The highest BCUT2D eigenvalue weighted by molar-refractivity contribution is 6.32. The monoisotopic (exact) mass is 1590 g/mol. The highest BCUT2D eigenvalue weighted by Crippen LogP contribution is 2.50. The van der Waals surface area contributed by atoms with E-state index in [9.17, 15) is 65.4 Å². The number of phenols is 3. The number of aliphatic hydroxyl groups is 6. The van der Waals surface area contributed by atoms with Crippen LogP contribution in [0, 0.1) is 5.92 Å². The summed E-state index contributed by atoms with van der Waals surface area (Å²) in [5, 5.41) is 131. The smallest absolute Gasteiger partial charge is 0.330 e. The SMILES string of the molecule is C[NH2+][C@@H](CC(C)C)C(=O)N[C@H]1C(=O)N[C@H](CC(N)=O)C(=O)N[C@@H]2C(=O)N[C@H]3C(=O)N[C@@H](C(=O)N[C@@H](C(=O)O)c4cc(O)cc(O)c4-c4cc3ccc4O)[C@H](O[C@H]3C[C@@](C)([NH3+])[C@H](O)[C@@H](C)O3)c3ccc(c(Cl)c3)Oc3cc2cc(c3O[C@H]2O[C@@H](CO)[C@H](O)[C@@H](O)[C@@H]2O[C@@H]2C[C@](C)([NH3+])[C@@H](O)[C@H](C)O2)Oc2ccc(cc2Cl)[C@H]1O. The van der Waals surface area contributed by atoms with Crippen LogP contribution in [0.2, 0.25) is 10.0 Å². The van der Waals surface area contributed by atoms with Gasteiger partial charge in [-0.15, -0.1) is 0 Å². The zero-order chi connectivity index (χ0) is 80.9. The third-order valence-electron chi connectivity index (χ3n) is 20.4. The Hall–Kier alpha value is -9.32. The van der Waals surface area contributed by atoms with Gasteiger partial charge in [0.2, 0.25) is 47.5 Å². The standard InChI is InChI=1S/C73H88Cl2N10O26/c1-26(2)14-38(79-7)64(96)84-54-56(91)30-9-12-42(36(74)16-30)106-44-18-32-19-45(60(44)111-71-61(58(93)57(92)46(25-86)108-71)110-49-24-73(6,78)63(95)28(4)105-49)107-43-13-10-31(17-37(43)75)59(109-48-23-72(5,77)62(94)27(3)104-48)55-69(101)83-53(70(102)103)35-20-33(87)21-41(89)50(35)34-15-29(8-11-40(34)88)51(66(98)85-55)82-67(99)52(32)81-65(97)39(22-47(76)90)80-68(54)100/h8-13,15-21,26-28,38-39,46,48-49,51-59,61-63,71,79,86-89,91-95H,14,22-25,77-78H2,1-7H3,(H2,76,90)(H,80,100)(H,81,97)(H,82,99)(H,83,101)(H,84,96)(H,85,98)(H,102,103)/p+3/t27-,28+,38+,39-,46+,48+,49-,51-,52+,53-,54-,55-,56-,57+,58-,59-,61+,62-,63+,71-,72-,73+/m1/s1. The van der Waals surface area contributed by atoms with Gasteiger partial charge < -0.3 is 143 Å². The molecule has 0 radical (unpaired) electrons. The number of hydrogen-bond acceptors (Lipinski definition) is 25. The van der Waals surface area contributed by atoms with E-state index < -0.39 is 255 Å². The number of carbonyl (C=O) groups excluding carboxylic acids is 7. The maximum absolute atomic E-state index is 16.4. The summed E-state index contributed by atoms with van der Waals surface area (Å²) < 4.78 is 51.9. The van der Waals surface area contributed by atoms with E-state index in [1.165, 1.54) is 44.2 Å². The van der Waals surface area contributed by atoms with Gasteiger partial charge in [-0.2, -0.15) is 0 Å². The summed E-state index contributed by atoms with van der Waals surface area (Å²) in [5.41, 5.74) is 9.05. The maximum Gasteiger partial charge on any atom is 0.330 e. The van der Waals surface area contributed by atoms with Crippen LogP contribution in [0.25, 0.3) is 11.1 Å². The lowest BCUT2D eigenvalue weighted by atomic mass is 9.86. The third kappa shape index (κ3) is 17.7. The van der Waals surface area contributed by atoms with Crippen LogP contribution in [0.4, 0.5) is 0 Å². The Balaban J connectivity index is 1.19. The fraction of sp³-hybridized carbons (Fsp3) is 0.479. The molecule has 26 N–H and O–H groups in total. The minimum Gasteiger partial charge on any atom is -0.508 e. The lowest BCUT2D eigenvalue weighted by Crippen LogP contribution is -2.89. The van der Waals surface area contributed by atoms with Crippen molar-refractivity contribution in [2.24, 2.45) is 11.7 Å². The van der Waals surface area contributed by atoms with Crippen molar-refractivity contribution >= 4 is 70.5 Å². The van der Waals surface area contributed by atoms with Gasteiger partial charge in [0.1, 0.15) is 113 Å². The normalized spacial score (nSPS) is 32.1. The van der Waals surface area contributed by atoms with Gasteiger partial charge in [0.25, 0.3) is 5.91 Å². The van der Waals surface area contributed by atoms with Crippen LogP contribution in [-0.2, 0) is 62.0 Å². The van der Waals surface area contributed by atoms with Gasteiger partial charge in [0, 0.05) is 29.2 Å². The number of ether oxygens (including phenoxy) is 8. The molecule has 3 fully saturated rings. The Bertz CT molecular complexity index is 4420. The molecule has 111 heavy (non-hydrogen) atoms. The number of halogens is 2. The van der Waals surface area contributed by atoms with Gasteiger partial charge in [0.05, 0.1) is 55.2 Å². The summed E-state index contributed by atoms with van der Waals surface area (Å²) in [6, 6.07) is -0.0111. The van der Waals surface area contributed by atoms with E-state index in [-0.39, 0.29) is 58.4 Å². The van der Waals surface area contributed by atoms with E-state index in [1.807, 2.05) is 13.8 Å². The number of aromatic hydroxyl groups is 3. The molecule has 11 bridgehead atoms. The van der Waals surface area contributed by atoms with Crippen LogP contribution >= 0.6 is 23.2 Å². The summed E-state index contributed by atoms with van der Waals surface area (Å²) in [5.74, 6) is -15.8. The van der Waals surface area contributed by atoms with Crippen LogP contribution in [0.5, 0.6) is 46.0 Å². The summed E-state index contributed by atoms with van der Waals surface area (Å²) in [4.78, 5) is 120. The first-order valence-corrected chi connectivity index (χ1v) is 36.3. The molecule has 38 heteroatoms. The second-order valence-electron chi connectivity index (χ2n) is 29.6. The number of fused-ring (bicyclic) bond motifs is 15. The molecular formula is C73H91Cl2N10O26+3. The van der Waals surface area contributed by atoms with E-state index in [1.54, 1.807) is 26.2 Å². The second-order valence-corrected chi connectivity index (χ2v) is 30.5. The van der Waals surface area contributed by atoms with E-state index in [0.717, 1.165) is 48.5 Å². The number of rotatable bonds is 15. The van der Waals surface area contributed by atoms with Crippen molar-refractivity contribution < 1.29 is 144 Å². The van der Waals surface area contributed by atoms with Gasteiger partial charge in [-0.3, -0.25) is 33.6 Å². The topological polar surface area (TPSA) is 583 Å². The van der Waals surface area contributed by atoms with Crippen LogP contribution in [0.3, 0.4) is 0 Å². The van der Waals surface area contributed by atoms with Crippen molar-refractivity contribution in [1.29, 1.82) is 0 Å². The number of amides is 7. The molecule has 600 valence electrons. The third-order valence-corrected chi connectivity index (χ3v) is 21.0. The minimum atomic E-state index is -2.36. The Morgan fingerprint density at radius 2 is 1.24 bits per heavy atom. The number of hydrogen-bond donors (Lipinski definition) is 20. The molecule has 36 nitrogen and oxygen atoms in total. The fourth-order valence-electron chi connectivity index (χ4n) is 14.4. The Morgan fingerprint density at radius 3 is 1.81 bits per heavy atom. The molecule has 3 saturated heterocycles. The quantitative estimate of drug-likeness (QED) is 0.0533. The molecule has 13 rings (SSSR count). The average molecular weight is 1600 g/mol. The number of nitrogens with two attached hydrogens (primary N) is 2. The zero-order valence-electron chi connectivity index (χ0n) is 61.0. The van der Waals surface area contributed by atoms with Crippen LogP contribution < -0.4 is 68.6 Å². The molecule has 8 aliphatic rings. The van der Waals surface area contributed by atoms with Crippen LogP contribution in [0.15, 0.2) is 78.9 Å². The number of carboxylic acids is 1. The molecule has 0 aromatic heterocycles. The Kier molecular flexibility index (Phi) is 24.7. The summed E-state index contributed by atoms with van der Waals surface area (Å²) in [7, 11) is 1.60. The highest BCUT2D eigenvalue weighted by atomic mass is 35.5. The number of carboxylic acid groups (broad SMARTS) is 1. The number of quaternary nitrogens is 3. The van der Waals surface area contributed by atoms with E-state index in [2.05, 4.69) is 43.4 Å². The first-order valence-electron chi connectivity index (χ1n) is 35.6. The molecule has 22 atom stereocenters. The van der Waals surface area contributed by atoms with Crippen molar-refractivity contribution in [2.45, 2.75) is 201 Å². The van der Waals surface area contributed by atoms with Crippen molar-refractivity contribution in [3.63, 3.8) is 0 Å². The maximum atomic E-state index is 16.4. The number of aliphatic hydroxyl groups excluding tert-OH is 6. The second kappa shape index (κ2) is 33.2. The highest BCUT2D eigenvalue weighted by Gasteiger charge is 2.53. The largest absolute Gasteiger partial charge is 0.508 e. The summed E-state index contributed by atoms with van der Waals surface area (Å²) >= 11 is 14.5. The number of benzene rings is 5. The van der Waals surface area contributed by atoms with Gasteiger partial charge in [-0.25, -0.2) is 4.79 Å². The predicted octanol–water partition coefficient (Wildman–Crippen LogP) is -2.12. The van der Waals surface area contributed by atoms with Gasteiger partial charge in [-0.1, -0.05) is 55.2 Å². The van der Waals surface area contributed by atoms with E-state index in [4.69, 9.17) is 66.8 Å². The Labute approximate surface area is 643 Å². The molecule has 5 aromatic carbocycles. The molecule has 7 amide bonds. The lowest BCUT2D eigenvalue weighted by Gasteiger charge is -2.45. The molecule has 0 saturated carbocycles. The lowest BCUT2D eigenvalue weighted by molar-refractivity contribution is -0.651. The van der Waals surface area contributed by atoms with Crippen molar-refractivity contribution in [2.75, 3.05) is 13.7 Å². The summed E-state index contributed by atoms with van der Waals surface area (Å²) in [6.45, 7) is 8.95. The molecule has 0 unspecified atom stereocenters. The van der Waals surface area contributed by atoms with Crippen molar-refractivity contribution in [1.82, 2.24) is 31.9 Å². The van der Waals surface area contributed by atoms with Gasteiger partial charge in [-0.05, 0) is 110 Å². The number of carbonyl (C=O) groups is 8. The van der Waals surface area contributed by atoms with Crippen LogP contribution in [-0.4, -0.2) is 215 Å². The van der Waals surface area contributed by atoms with E-state index in [0.29, 0.717) is 0 Å². The zero-order valence-corrected chi connectivity index (χ0v) is 62.5.